The van der Waals surface area contributed by atoms with Crippen LogP contribution in [0.2, 0.25) is 0 Å². The number of fused-ring (bicyclic) bond motifs is 1. The van der Waals surface area contributed by atoms with Crippen LogP contribution in [-0.4, -0.2) is 57.5 Å². The van der Waals surface area contributed by atoms with Gasteiger partial charge in [0.25, 0.3) is 5.56 Å². The number of hydrogen-bond acceptors (Lipinski definition) is 5. The number of benzene rings is 1. The first-order chi connectivity index (χ1) is 13.8. The first-order valence-corrected chi connectivity index (χ1v) is 10.1. The Labute approximate surface area is 174 Å². The minimum Gasteiger partial charge on any atom is -0.444 e. The highest BCUT2D eigenvalue weighted by Crippen LogP contribution is 2.32. The molecule has 0 unspecified atom stereocenters. The number of amides is 2. The van der Waals surface area contributed by atoms with Gasteiger partial charge in [0.15, 0.2) is 0 Å². The average Bonchev–Trinajstić information content (AvgIpc) is 2.95. The number of aromatic nitrogens is 1. The van der Waals surface area contributed by atoms with Crippen LogP contribution in [0.1, 0.15) is 26.3 Å². The van der Waals surface area contributed by atoms with E-state index in [1.807, 2.05) is 0 Å². The predicted molar refractivity (Wildman–Crippen MR) is 105 cm³/mol. The number of piperazine rings is 1. The number of nitrogens with zero attached hydrogens (tertiary/aromatic N) is 3. The van der Waals surface area contributed by atoms with Crippen LogP contribution in [0.3, 0.4) is 0 Å². The molecule has 0 bridgehead atoms. The molecule has 0 spiro atoms. The molecule has 3 rings (SSSR count). The smallest absolute Gasteiger partial charge is 0.416 e. The second kappa shape index (κ2) is 7.93. The van der Waals surface area contributed by atoms with Crippen molar-refractivity contribution >= 4 is 33.6 Å². The maximum absolute atomic E-state index is 12.9. The monoisotopic (exact) mass is 445 g/mol. The van der Waals surface area contributed by atoms with Crippen LogP contribution in [0.15, 0.2) is 23.0 Å². The molecular weight excluding hydrogens is 423 g/mol. The average molecular weight is 445 g/mol. The molecule has 1 saturated heterocycles. The van der Waals surface area contributed by atoms with Gasteiger partial charge < -0.3 is 14.5 Å². The number of carbonyl (C=O) groups excluding carboxylic acids is 2. The lowest BCUT2D eigenvalue weighted by atomic mass is 10.2. The summed E-state index contributed by atoms with van der Waals surface area (Å²) in [5, 5.41) is 0.149. The van der Waals surface area contributed by atoms with Gasteiger partial charge in [-0.25, -0.2) is 4.79 Å². The quantitative estimate of drug-likeness (QED) is 0.712. The summed E-state index contributed by atoms with van der Waals surface area (Å²) >= 11 is 0.830. The van der Waals surface area contributed by atoms with E-state index in [0.717, 1.165) is 33.7 Å². The van der Waals surface area contributed by atoms with Crippen molar-refractivity contribution in [3.63, 3.8) is 0 Å². The summed E-state index contributed by atoms with van der Waals surface area (Å²) in [5.41, 5.74) is -1.95. The molecule has 0 N–H and O–H groups in total. The lowest BCUT2D eigenvalue weighted by Crippen LogP contribution is -2.52. The van der Waals surface area contributed by atoms with E-state index in [1.165, 1.54) is 9.80 Å². The van der Waals surface area contributed by atoms with Crippen LogP contribution in [0.25, 0.3) is 10.1 Å². The number of ether oxygens (including phenoxy) is 1. The van der Waals surface area contributed by atoms with E-state index in [0.29, 0.717) is 13.1 Å². The van der Waals surface area contributed by atoms with E-state index in [-0.39, 0.29) is 35.6 Å². The van der Waals surface area contributed by atoms with E-state index in [1.54, 1.807) is 20.8 Å². The zero-order valence-electron chi connectivity index (χ0n) is 16.8. The SMILES string of the molecule is CC(C)(C)OC(=O)N1CCN(C(=O)Cn2sc3cc(C(F)(F)F)ccc3c2=O)CC1. The van der Waals surface area contributed by atoms with Gasteiger partial charge in [0.2, 0.25) is 5.91 Å². The normalized spacial score (nSPS) is 15.5. The van der Waals surface area contributed by atoms with Crippen LogP contribution >= 0.6 is 11.5 Å². The van der Waals surface area contributed by atoms with Gasteiger partial charge in [0.1, 0.15) is 12.1 Å². The van der Waals surface area contributed by atoms with E-state index in [2.05, 4.69) is 0 Å². The van der Waals surface area contributed by atoms with Gasteiger partial charge >= 0.3 is 12.3 Å². The second-order valence-corrected chi connectivity index (χ2v) is 9.05. The van der Waals surface area contributed by atoms with Crippen molar-refractivity contribution in [3.8, 4) is 0 Å². The molecule has 1 aromatic heterocycles. The summed E-state index contributed by atoms with van der Waals surface area (Å²) in [7, 11) is 0. The fraction of sp³-hybridized carbons (Fsp3) is 0.526. The third kappa shape index (κ3) is 4.94. The molecule has 0 saturated carbocycles. The molecule has 1 fully saturated rings. The standard InChI is InChI=1S/C19H22F3N3O4S/c1-18(2,3)29-17(28)24-8-6-23(7-9-24)15(26)11-25-16(27)13-5-4-12(19(20,21)22)10-14(13)30-25/h4-5,10H,6-9,11H2,1-3H3. The van der Waals surface area contributed by atoms with E-state index >= 15 is 0 Å². The molecule has 2 aromatic rings. The number of halogens is 3. The second-order valence-electron chi connectivity index (χ2n) is 7.99. The molecule has 30 heavy (non-hydrogen) atoms. The van der Waals surface area contributed by atoms with Crippen molar-refractivity contribution in [2.24, 2.45) is 0 Å². The molecule has 0 aliphatic carbocycles. The molecule has 1 aliphatic rings. The Morgan fingerprint density at radius 2 is 1.67 bits per heavy atom. The molecule has 0 radical (unpaired) electrons. The van der Waals surface area contributed by atoms with Crippen LogP contribution in [-0.2, 0) is 22.3 Å². The summed E-state index contributed by atoms with van der Waals surface area (Å²) in [5.74, 6) is -0.330. The van der Waals surface area contributed by atoms with E-state index < -0.39 is 29.0 Å². The van der Waals surface area contributed by atoms with Gasteiger partial charge in [0.05, 0.1) is 15.6 Å². The Hall–Kier alpha value is -2.56. The van der Waals surface area contributed by atoms with Crippen molar-refractivity contribution in [2.75, 3.05) is 26.2 Å². The molecular formula is C19H22F3N3O4S. The zero-order valence-corrected chi connectivity index (χ0v) is 17.6. The van der Waals surface area contributed by atoms with Crippen molar-refractivity contribution in [2.45, 2.75) is 39.1 Å². The van der Waals surface area contributed by atoms with Crippen LogP contribution < -0.4 is 5.56 Å². The maximum Gasteiger partial charge on any atom is 0.416 e. The molecule has 0 atom stereocenters. The molecule has 2 heterocycles. The van der Waals surface area contributed by atoms with Gasteiger partial charge in [-0.3, -0.25) is 13.5 Å². The molecule has 1 aliphatic heterocycles. The number of rotatable bonds is 2. The third-order valence-corrected chi connectivity index (χ3v) is 5.59. The predicted octanol–water partition coefficient (Wildman–Crippen LogP) is 3.16. The van der Waals surface area contributed by atoms with Crippen LogP contribution in [0, 0.1) is 0 Å². The number of hydrogen-bond donors (Lipinski definition) is 0. The van der Waals surface area contributed by atoms with Crippen LogP contribution in [0.5, 0.6) is 0 Å². The highest BCUT2D eigenvalue weighted by molar-refractivity contribution is 7.13. The van der Waals surface area contributed by atoms with Gasteiger partial charge in [0, 0.05) is 26.2 Å². The van der Waals surface area contributed by atoms with E-state index in [4.69, 9.17) is 4.74 Å². The lowest BCUT2D eigenvalue weighted by molar-refractivity contribution is -0.137. The molecule has 11 heteroatoms. The van der Waals surface area contributed by atoms with Gasteiger partial charge in [-0.1, -0.05) is 11.5 Å². The third-order valence-electron chi connectivity index (χ3n) is 4.54. The van der Waals surface area contributed by atoms with Crippen molar-refractivity contribution in [1.29, 1.82) is 0 Å². The maximum atomic E-state index is 12.9. The lowest BCUT2D eigenvalue weighted by Gasteiger charge is -2.35. The Balaban J connectivity index is 1.65. The van der Waals surface area contributed by atoms with Gasteiger partial charge in [-0.05, 0) is 39.0 Å². The van der Waals surface area contributed by atoms with Gasteiger partial charge in [-0.15, -0.1) is 0 Å². The Bertz CT molecular complexity index is 1010. The molecule has 7 nitrogen and oxygen atoms in total. The molecule has 2 amide bonds. The Morgan fingerprint density at radius 3 is 2.23 bits per heavy atom. The summed E-state index contributed by atoms with van der Waals surface area (Å²) < 4.78 is 45.3. The van der Waals surface area contributed by atoms with Crippen molar-refractivity contribution in [3.05, 3.63) is 34.1 Å². The highest BCUT2D eigenvalue weighted by Gasteiger charge is 2.31. The minimum atomic E-state index is -4.50. The first kappa shape index (κ1) is 22.1. The number of carbonyl (C=O) groups is 2. The summed E-state index contributed by atoms with van der Waals surface area (Å²) in [6.07, 6.45) is -4.95. The van der Waals surface area contributed by atoms with E-state index in [9.17, 15) is 27.6 Å². The molecule has 164 valence electrons. The fourth-order valence-corrected chi connectivity index (χ4v) is 4.06. The van der Waals surface area contributed by atoms with Crippen molar-refractivity contribution in [1.82, 2.24) is 13.8 Å². The first-order valence-electron chi connectivity index (χ1n) is 9.32. The van der Waals surface area contributed by atoms with Crippen LogP contribution in [0.4, 0.5) is 18.0 Å². The Kier molecular flexibility index (Phi) is 5.85. The fourth-order valence-electron chi connectivity index (χ4n) is 3.04. The van der Waals surface area contributed by atoms with Crippen molar-refractivity contribution < 1.29 is 27.5 Å². The van der Waals surface area contributed by atoms with Gasteiger partial charge in [-0.2, -0.15) is 13.2 Å². The zero-order chi connectivity index (χ0) is 22.3. The topological polar surface area (TPSA) is 71.8 Å². The number of alkyl halides is 3. The minimum absolute atomic E-state index is 0.149. The summed E-state index contributed by atoms with van der Waals surface area (Å²) in [6.45, 7) is 6.23. The summed E-state index contributed by atoms with van der Waals surface area (Å²) in [4.78, 5) is 40.2. The summed E-state index contributed by atoms with van der Waals surface area (Å²) in [6, 6.07) is 2.91. The molecule has 1 aromatic carbocycles. The largest absolute Gasteiger partial charge is 0.444 e. The Morgan fingerprint density at radius 1 is 1.07 bits per heavy atom. The highest BCUT2D eigenvalue weighted by atomic mass is 32.1.